The first kappa shape index (κ1) is 11.0. The molecule has 0 aliphatic heterocycles. The topological polar surface area (TPSA) is 54.4 Å². The molecule has 0 amide bonds. The molecule has 1 aromatic carbocycles. The van der Waals surface area contributed by atoms with E-state index >= 15 is 0 Å². The third-order valence-corrected chi connectivity index (χ3v) is 4.00. The van der Waals surface area contributed by atoms with E-state index in [2.05, 4.69) is 15.9 Å². The van der Waals surface area contributed by atoms with Crippen LogP contribution >= 0.6 is 27.7 Å². The van der Waals surface area contributed by atoms with Gasteiger partial charge in [-0.2, -0.15) is 8.42 Å². The summed E-state index contributed by atoms with van der Waals surface area (Å²) in [5.41, 5.74) is 0. The Morgan fingerprint density at radius 2 is 2.08 bits per heavy atom. The molecule has 0 aliphatic carbocycles. The third kappa shape index (κ3) is 2.70. The fraction of sp³-hybridized carbons (Fsp3) is 0.143. The van der Waals surface area contributed by atoms with Crippen LogP contribution in [0.2, 0.25) is 0 Å². The zero-order valence-corrected chi connectivity index (χ0v) is 9.91. The standard InChI is InChI=1S/C7H7BrO3S2/c1-12-7-4-5(13(9,10)11)2-3-6(7)8/h2-4H,1H3,(H,9,10,11). The van der Waals surface area contributed by atoms with Crippen LogP contribution in [0.5, 0.6) is 0 Å². The van der Waals surface area contributed by atoms with Crippen LogP contribution in [0.25, 0.3) is 0 Å². The van der Waals surface area contributed by atoms with Gasteiger partial charge in [-0.05, 0) is 40.4 Å². The summed E-state index contributed by atoms with van der Waals surface area (Å²) < 4.78 is 31.0. The Hall–Kier alpha value is -0.0400. The van der Waals surface area contributed by atoms with Gasteiger partial charge in [0.1, 0.15) is 0 Å². The molecular formula is C7H7BrO3S2. The molecule has 0 heterocycles. The average molecular weight is 283 g/mol. The molecular weight excluding hydrogens is 276 g/mol. The van der Waals surface area contributed by atoms with Crippen LogP contribution in [0.1, 0.15) is 0 Å². The minimum absolute atomic E-state index is 0.0833. The van der Waals surface area contributed by atoms with E-state index in [-0.39, 0.29) is 4.90 Å². The molecule has 0 saturated carbocycles. The van der Waals surface area contributed by atoms with Crippen molar-refractivity contribution in [2.24, 2.45) is 0 Å². The van der Waals surface area contributed by atoms with Crippen molar-refractivity contribution in [2.45, 2.75) is 9.79 Å². The predicted molar refractivity (Wildman–Crippen MR) is 55.7 cm³/mol. The van der Waals surface area contributed by atoms with E-state index in [1.165, 1.54) is 23.9 Å². The lowest BCUT2D eigenvalue weighted by atomic mass is 10.4. The molecule has 1 N–H and O–H groups in total. The summed E-state index contributed by atoms with van der Waals surface area (Å²) >= 11 is 4.66. The molecule has 0 fully saturated rings. The van der Waals surface area contributed by atoms with Gasteiger partial charge >= 0.3 is 0 Å². The lowest BCUT2D eigenvalue weighted by Crippen LogP contribution is -1.97. The Kier molecular flexibility index (Phi) is 3.39. The molecule has 0 radical (unpaired) electrons. The van der Waals surface area contributed by atoms with Crippen molar-refractivity contribution < 1.29 is 13.0 Å². The van der Waals surface area contributed by atoms with Crippen LogP contribution in [-0.2, 0) is 10.1 Å². The summed E-state index contributed by atoms with van der Waals surface area (Å²) in [5, 5.41) is 0. The van der Waals surface area contributed by atoms with Crippen LogP contribution in [-0.4, -0.2) is 19.2 Å². The fourth-order valence-corrected chi connectivity index (χ4v) is 2.62. The number of hydrogen-bond acceptors (Lipinski definition) is 3. The monoisotopic (exact) mass is 282 g/mol. The average Bonchev–Trinajstić information content (AvgIpc) is 2.03. The first-order chi connectivity index (χ1) is 5.95. The largest absolute Gasteiger partial charge is 0.294 e. The van der Waals surface area contributed by atoms with Gasteiger partial charge in [-0.1, -0.05) is 0 Å². The molecule has 0 atom stereocenters. The Morgan fingerprint density at radius 1 is 1.46 bits per heavy atom. The lowest BCUT2D eigenvalue weighted by Gasteiger charge is -2.02. The molecule has 0 aromatic heterocycles. The predicted octanol–water partition coefficient (Wildman–Crippen LogP) is 2.42. The molecule has 3 nitrogen and oxygen atoms in total. The second kappa shape index (κ2) is 4.00. The molecule has 6 heteroatoms. The summed E-state index contributed by atoms with van der Waals surface area (Å²) in [7, 11) is -4.09. The van der Waals surface area contributed by atoms with Gasteiger partial charge in [0.15, 0.2) is 0 Å². The van der Waals surface area contributed by atoms with Crippen molar-refractivity contribution in [3.05, 3.63) is 22.7 Å². The maximum Gasteiger partial charge on any atom is 0.294 e. The number of halogens is 1. The Labute approximate surface area is 89.4 Å². The number of benzene rings is 1. The summed E-state index contributed by atoms with van der Waals surface area (Å²) in [4.78, 5) is 0.690. The maximum atomic E-state index is 10.7. The molecule has 1 rings (SSSR count). The molecule has 1 aromatic rings. The van der Waals surface area contributed by atoms with Gasteiger partial charge in [-0.25, -0.2) is 0 Å². The van der Waals surface area contributed by atoms with E-state index in [1.54, 1.807) is 6.07 Å². The summed E-state index contributed by atoms with van der Waals surface area (Å²) in [6.07, 6.45) is 1.83. The number of rotatable bonds is 2. The number of thioether (sulfide) groups is 1. The third-order valence-electron chi connectivity index (χ3n) is 1.42. The summed E-state index contributed by atoms with van der Waals surface area (Å²) in [6.45, 7) is 0. The van der Waals surface area contributed by atoms with Gasteiger partial charge in [-0.3, -0.25) is 4.55 Å². The van der Waals surface area contributed by atoms with E-state index in [0.29, 0.717) is 0 Å². The highest BCUT2D eigenvalue weighted by Gasteiger charge is 2.10. The first-order valence-electron chi connectivity index (χ1n) is 3.26. The van der Waals surface area contributed by atoms with Gasteiger partial charge in [0.05, 0.1) is 4.90 Å². The smallest absolute Gasteiger partial charge is 0.282 e. The van der Waals surface area contributed by atoms with Crippen molar-refractivity contribution >= 4 is 37.8 Å². The second-order valence-electron chi connectivity index (χ2n) is 2.27. The van der Waals surface area contributed by atoms with E-state index in [1.807, 2.05) is 6.26 Å². The second-order valence-corrected chi connectivity index (χ2v) is 5.40. The highest BCUT2D eigenvalue weighted by molar-refractivity contribution is 9.10. The SMILES string of the molecule is CSc1cc(S(=O)(=O)O)ccc1Br. The van der Waals surface area contributed by atoms with Gasteiger partial charge in [-0.15, -0.1) is 11.8 Å². The normalized spacial score (nSPS) is 11.6. The van der Waals surface area contributed by atoms with Crippen LogP contribution in [0.3, 0.4) is 0 Å². The number of hydrogen-bond donors (Lipinski definition) is 1. The van der Waals surface area contributed by atoms with E-state index in [4.69, 9.17) is 4.55 Å². The van der Waals surface area contributed by atoms with E-state index < -0.39 is 10.1 Å². The zero-order valence-electron chi connectivity index (χ0n) is 6.69. The summed E-state index contributed by atoms with van der Waals surface area (Å²) in [5.74, 6) is 0. The minimum atomic E-state index is -4.09. The van der Waals surface area contributed by atoms with Crippen molar-refractivity contribution in [3.8, 4) is 0 Å². The molecule has 0 bridgehead atoms. The first-order valence-corrected chi connectivity index (χ1v) is 6.72. The Bertz CT molecular complexity index is 414. The highest BCUT2D eigenvalue weighted by atomic mass is 79.9. The van der Waals surface area contributed by atoms with Crippen LogP contribution in [0.4, 0.5) is 0 Å². The van der Waals surface area contributed by atoms with Gasteiger partial charge in [0.25, 0.3) is 10.1 Å². The quantitative estimate of drug-likeness (QED) is 0.669. The van der Waals surface area contributed by atoms with Crippen molar-refractivity contribution in [2.75, 3.05) is 6.26 Å². The Morgan fingerprint density at radius 3 is 2.54 bits per heavy atom. The zero-order chi connectivity index (χ0) is 10.1. The molecule has 0 spiro atoms. The van der Waals surface area contributed by atoms with Gasteiger partial charge in [0.2, 0.25) is 0 Å². The summed E-state index contributed by atoms with van der Waals surface area (Å²) in [6, 6.07) is 4.36. The van der Waals surface area contributed by atoms with E-state index in [9.17, 15) is 8.42 Å². The van der Waals surface area contributed by atoms with Crippen LogP contribution < -0.4 is 0 Å². The lowest BCUT2D eigenvalue weighted by molar-refractivity contribution is 0.483. The van der Waals surface area contributed by atoms with Crippen molar-refractivity contribution in [1.82, 2.24) is 0 Å². The van der Waals surface area contributed by atoms with Crippen LogP contribution in [0, 0.1) is 0 Å². The van der Waals surface area contributed by atoms with Crippen molar-refractivity contribution in [1.29, 1.82) is 0 Å². The molecule has 0 unspecified atom stereocenters. The molecule has 0 aliphatic rings. The van der Waals surface area contributed by atoms with Crippen molar-refractivity contribution in [3.63, 3.8) is 0 Å². The minimum Gasteiger partial charge on any atom is -0.282 e. The molecule has 13 heavy (non-hydrogen) atoms. The molecule has 0 saturated heterocycles. The van der Waals surface area contributed by atoms with E-state index in [0.717, 1.165) is 9.37 Å². The fourth-order valence-electron chi connectivity index (χ4n) is 0.801. The van der Waals surface area contributed by atoms with Crippen LogP contribution in [0.15, 0.2) is 32.5 Å². The van der Waals surface area contributed by atoms with Gasteiger partial charge in [0, 0.05) is 9.37 Å². The Balaban J connectivity index is 3.30. The maximum absolute atomic E-state index is 10.7. The molecule has 72 valence electrons. The van der Waals surface area contributed by atoms with Gasteiger partial charge < -0.3 is 0 Å². The highest BCUT2D eigenvalue weighted by Crippen LogP contribution is 2.27.